The second-order valence-electron chi connectivity index (χ2n) is 5.84. The minimum Gasteiger partial charge on any atom is -0.329 e. The summed E-state index contributed by atoms with van der Waals surface area (Å²) in [5, 5.41) is 0.644. The summed E-state index contributed by atoms with van der Waals surface area (Å²) in [7, 11) is 0. The molecular weight excluding hydrogens is 288 g/mol. The number of carbonyl (C=O) groups excluding carboxylic acids is 2. The van der Waals surface area contributed by atoms with E-state index in [2.05, 4.69) is 0 Å². The van der Waals surface area contributed by atoms with Gasteiger partial charge in [-0.25, -0.2) is 0 Å². The minimum atomic E-state index is -0.416. The summed E-state index contributed by atoms with van der Waals surface area (Å²) in [5.74, 6) is 0.123. The Kier molecular flexibility index (Phi) is 3.66. The van der Waals surface area contributed by atoms with E-state index >= 15 is 0 Å². The summed E-state index contributed by atoms with van der Waals surface area (Å²) in [6.07, 6.45) is 1.68. The van der Waals surface area contributed by atoms with Crippen LogP contribution in [0.5, 0.6) is 0 Å². The predicted octanol–water partition coefficient (Wildman–Crippen LogP) is 2.62. The van der Waals surface area contributed by atoms with E-state index in [0.717, 1.165) is 18.4 Å². The zero-order chi connectivity index (χ0) is 15.1. The minimum absolute atomic E-state index is 0.0611. The monoisotopic (exact) mass is 306 g/mol. The molecular formula is C16H19ClN2O2. The van der Waals surface area contributed by atoms with Crippen molar-refractivity contribution in [3.8, 4) is 0 Å². The fourth-order valence-corrected chi connectivity index (χ4v) is 3.66. The van der Waals surface area contributed by atoms with E-state index in [1.807, 2.05) is 38.1 Å². The van der Waals surface area contributed by atoms with Crippen molar-refractivity contribution in [1.29, 1.82) is 0 Å². The van der Waals surface area contributed by atoms with Gasteiger partial charge in [0.1, 0.15) is 12.1 Å². The van der Waals surface area contributed by atoms with Crippen molar-refractivity contribution in [3.63, 3.8) is 0 Å². The Hall–Kier alpha value is -1.55. The Morgan fingerprint density at radius 2 is 2.05 bits per heavy atom. The summed E-state index contributed by atoms with van der Waals surface area (Å²) in [6.45, 7) is 4.48. The third kappa shape index (κ3) is 2.31. The lowest BCUT2D eigenvalue weighted by atomic mass is 9.99. The standard InChI is InChI=1S/C16H19ClN2O2/c1-10(12-5-3-6-13(17)9-12)19-11(2)15(20)18-8-4-7-14(18)16(19)21/h3,5-6,9-11,14H,4,7-8H2,1-2H3. The number of fused-ring (bicyclic) bond motifs is 1. The summed E-state index contributed by atoms with van der Waals surface area (Å²) in [5.41, 5.74) is 0.960. The van der Waals surface area contributed by atoms with Gasteiger partial charge in [0.25, 0.3) is 0 Å². The molecule has 0 aliphatic carbocycles. The second kappa shape index (κ2) is 5.34. The van der Waals surface area contributed by atoms with Crippen LogP contribution in [0.2, 0.25) is 5.02 Å². The molecule has 4 nitrogen and oxygen atoms in total. The van der Waals surface area contributed by atoms with Crippen LogP contribution in [0.4, 0.5) is 0 Å². The third-order valence-electron chi connectivity index (χ3n) is 4.60. The van der Waals surface area contributed by atoms with Gasteiger partial charge < -0.3 is 9.80 Å². The predicted molar refractivity (Wildman–Crippen MR) is 80.9 cm³/mol. The Labute approximate surface area is 129 Å². The molecule has 0 spiro atoms. The first-order valence-corrected chi connectivity index (χ1v) is 7.76. The van der Waals surface area contributed by atoms with Gasteiger partial charge in [0.05, 0.1) is 6.04 Å². The first-order valence-electron chi connectivity index (χ1n) is 7.39. The van der Waals surface area contributed by atoms with Gasteiger partial charge in [-0.1, -0.05) is 23.7 Å². The fourth-order valence-electron chi connectivity index (χ4n) is 3.46. The molecule has 3 atom stereocenters. The lowest BCUT2D eigenvalue weighted by molar-refractivity contribution is -0.161. The number of benzene rings is 1. The quantitative estimate of drug-likeness (QED) is 0.843. The van der Waals surface area contributed by atoms with Gasteiger partial charge in [-0.3, -0.25) is 9.59 Å². The van der Waals surface area contributed by atoms with Crippen molar-refractivity contribution < 1.29 is 9.59 Å². The summed E-state index contributed by atoms with van der Waals surface area (Å²) < 4.78 is 0. The van der Waals surface area contributed by atoms with E-state index in [0.29, 0.717) is 11.6 Å². The number of hydrogen-bond acceptors (Lipinski definition) is 2. The molecule has 2 fully saturated rings. The molecule has 3 rings (SSSR count). The van der Waals surface area contributed by atoms with E-state index in [1.165, 1.54) is 0 Å². The van der Waals surface area contributed by atoms with Gasteiger partial charge in [0.15, 0.2) is 0 Å². The van der Waals surface area contributed by atoms with Gasteiger partial charge in [-0.15, -0.1) is 0 Å². The zero-order valence-corrected chi connectivity index (χ0v) is 13.0. The van der Waals surface area contributed by atoms with Gasteiger partial charge in [-0.05, 0) is 44.4 Å². The number of halogens is 1. The maximum atomic E-state index is 12.8. The van der Waals surface area contributed by atoms with Crippen LogP contribution in [0.3, 0.4) is 0 Å². The first kappa shape index (κ1) is 14.4. The van der Waals surface area contributed by atoms with Gasteiger partial charge in [0.2, 0.25) is 11.8 Å². The molecule has 2 aliphatic heterocycles. The molecule has 0 radical (unpaired) electrons. The fraction of sp³-hybridized carbons (Fsp3) is 0.500. The Bertz CT molecular complexity index is 589. The summed E-state index contributed by atoms with van der Waals surface area (Å²) >= 11 is 6.04. The lowest BCUT2D eigenvalue weighted by Crippen LogP contribution is -2.62. The molecule has 21 heavy (non-hydrogen) atoms. The molecule has 3 unspecified atom stereocenters. The highest BCUT2D eigenvalue weighted by Crippen LogP contribution is 2.33. The largest absolute Gasteiger partial charge is 0.329 e. The molecule has 0 saturated carbocycles. The van der Waals surface area contributed by atoms with Gasteiger partial charge >= 0.3 is 0 Å². The van der Waals surface area contributed by atoms with Crippen molar-refractivity contribution in [3.05, 3.63) is 34.9 Å². The van der Waals surface area contributed by atoms with Crippen molar-refractivity contribution in [2.75, 3.05) is 6.54 Å². The highest BCUT2D eigenvalue weighted by molar-refractivity contribution is 6.30. The van der Waals surface area contributed by atoms with Crippen molar-refractivity contribution >= 4 is 23.4 Å². The number of carbonyl (C=O) groups is 2. The molecule has 0 bridgehead atoms. The number of nitrogens with zero attached hydrogens (tertiary/aromatic N) is 2. The topological polar surface area (TPSA) is 40.6 Å². The molecule has 0 N–H and O–H groups in total. The first-order chi connectivity index (χ1) is 10.0. The second-order valence-corrected chi connectivity index (χ2v) is 6.28. The van der Waals surface area contributed by atoms with E-state index in [1.54, 1.807) is 9.80 Å². The maximum absolute atomic E-state index is 12.8. The molecule has 1 aromatic carbocycles. The van der Waals surface area contributed by atoms with Crippen LogP contribution < -0.4 is 0 Å². The molecule has 5 heteroatoms. The molecule has 2 amide bonds. The molecule has 0 aromatic heterocycles. The summed E-state index contributed by atoms with van der Waals surface area (Å²) in [4.78, 5) is 28.7. The number of amides is 2. The van der Waals surface area contributed by atoms with Crippen LogP contribution in [-0.2, 0) is 9.59 Å². The van der Waals surface area contributed by atoms with Crippen LogP contribution in [0.1, 0.15) is 38.3 Å². The van der Waals surface area contributed by atoms with Crippen LogP contribution in [0.25, 0.3) is 0 Å². The van der Waals surface area contributed by atoms with E-state index in [9.17, 15) is 9.59 Å². The smallest absolute Gasteiger partial charge is 0.246 e. The highest BCUT2D eigenvalue weighted by Gasteiger charge is 2.47. The van der Waals surface area contributed by atoms with E-state index in [4.69, 9.17) is 11.6 Å². The number of hydrogen-bond donors (Lipinski definition) is 0. The molecule has 2 aliphatic rings. The Morgan fingerprint density at radius 1 is 1.29 bits per heavy atom. The molecule has 112 valence electrons. The SMILES string of the molecule is CC1C(=O)N2CCCC2C(=O)N1C(C)c1cccc(Cl)c1. The normalized spacial score (nSPS) is 27.0. The molecule has 2 saturated heterocycles. The van der Waals surface area contributed by atoms with Crippen LogP contribution in [0.15, 0.2) is 24.3 Å². The van der Waals surface area contributed by atoms with Crippen LogP contribution in [-0.4, -0.2) is 40.2 Å². The third-order valence-corrected chi connectivity index (χ3v) is 4.83. The van der Waals surface area contributed by atoms with E-state index < -0.39 is 6.04 Å². The van der Waals surface area contributed by atoms with Gasteiger partial charge in [0, 0.05) is 11.6 Å². The lowest BCUT2D eigenvalue weighted by Gasteiger charge is -2.44. The highest BCUT2D eigenvalue weighted by atomic mass is 35.5. The Balaban J connectivity index is 1.93. The van der Waals surface area contributed by atoms with Crippen molar-refractivity contribution in [1.82, 2.24) is 9.80 Å². The zero-order valence-electron chi connectivity index (χ0n) is 12.3. The van der Waals surface area contributed by atoms with Crippen molar-refractivity contribution in [2.24, 2.45) is 0 Å². The average molecular weight is 307 g/mol. The summed E-state index contributed by atoms with van der Waals surface area (Å²) in [6, 6.07) is 6.65. The van der Waals surface area contributed by atoms with Gasteiger partial charge in [-0.2, -0.15) is 0 Å². The number of rotatable bonds is 2. The molecule has 2 heterocycles. The van der Waals surface area contributed by atoms with Crippen molar-refractivity contribution in [2.45, 2.75) is 44.8 Å². The van der Waals surface area contributed by atoms with Crippen LogP contribution >= 0.6 is 11.6 Å². The maximum Gasteiger partial charge on any atom is 0.246 e. The number of piperazine rings is 1. The average Bonchev–Trinajstić information content (AvgIpc) is 2.95. The Morgan fingerprint density at radius 3 is 2.76 bits per heavy atom. The van der Waals surface area contributed by atoms with E-state index in [-0.39, 0.29) is 23.9 Å². The van der Waals surface area contributed by atoms with Crippen LogP contribution in [0, 0.1) is 0 Å². The molecule has 1 aromatic rings.